The van der Waals surface area contributed by atoms with E-state index < -0.39 is 0 Å². The molecule has 0 fully saturated rings. The summed E-state index contributed by atoms with van der Waals surface area (Å²) < 4.78 is 0. The number of hydrogen-bond acceptors (Lipinski definition) is 4. The van der Waals surface area contributed by atoms with Gasteiger partial charge in [0.25, 0.3) is 5.91 Å². The van der Waals surface area contributed by atoms with Gasteiger partial charge in [-0.15, -0.1) is 10.2 Å². The van der Waals surface area contributed by atoms with Crippen molar-refractivity contribution in [2.24, 2.45) is 0 Å². The number of halogens is 1. The van der Waals surface area contributed by atoms with Gasteiger partial charge in [-0.25, -0.2) is 0 Å². The van der Waals surface area contributed by atoms with E-state index in [-0.39, 0.29) is 5.91 Å². The summed E-state index contributed by atoms with van der Waals surface area (Å²) in [5.74, 6) is 0.578. The molecule has 0 radical (unpaired) electrons. The van der Waals surface area contributed by atoms with Crippen molar-refractivity contribution in [3.8, 4) is 0 Å². The summed E-state index contributed by atoms with van der Waals surface area (Å²) in [5.41, 5.74) is 1.30. The second-order valence-electron chi connectivity index (χ2n) is 5.57. The maximum Gasteiger partial charge on any atom is 0.272 e. The van der Waals surface area contributed by atoms with Crippen LogP contribution in [0.2, 0.25) is 5.02 Å². The highest BCUT2D eigenvalue weighted by Gasteiger charge is 2.11. The highest BCUT2D eigenvalue weighted by Crippen LogP contribution is 2.12. The fourth-order valence-corrected chi connectivity index (χ4v) is 2.50. The standard InChI is InChI=1S/C18H23ClN4O/c1-3-11-23(12-4-2)17-10-9-16(21-22-17)18(24)20-13-14-5-7-15(19)8-6-14/h5-10H,3-4,11-13H2,1-2H3,(H,20,24). The van der Waals surface area contributed by atoms with Crippen LogP contribution in [-0.2, 0) is 6.54 Å². The van der Waals surface area contributed by atoms with E-state index in [0.29, 0.717) is 17.3 Å². The molecule has 0 aliphatic rings. The first kappa shape index (κ1) is 18.2. The first-order chi connectivity index (χ1) is 11.6. The van der Waals surface area contributed by atoms with Crippen LogP contribution < -0.4 is 10.2 Å². The molecule has 128 valence electrons. The number of benzene rings is 1. The summed E-state index contributed by atoms with van der Waals surface area (Å²) in [7, 11) is 0. The zero-order valence-electron chi connectivity index (χ0n) is 14.1. The van der Waals surface area contributed by atoms with Gasteiger partial charge in [-0.3, -0.25) is 4.79 Å². The van der Waals surface area contributed by atoms with Gasteiger partial charge in [-0.2, -0.15) is 0 Å². The molecule has 0 aliphatic carbocycles. The molecule has 1 amide bonds. The van der Waals surface area contributed by atoms with Gasteiger partial charge in [-0.05, 0) is 42.7 Å². The Balaban J connectivity index is 1.96. The smallest absolute Gasteiger partial charge is 0.272 e. The van der Waals surface area contributed by atoms with Crippen LogP contribution in [0.25, 0.3) is 0 Å². The Morgan fingerprint density at radius 2 is 1.71 bits per heavy atom. The summed E-state index contributed by atoms with van der Waals surface area (Å²) in [6.45, 7) is 6.57. The molecule has 0 aliphatic heterocycles. The minimum absolute atomic E-state index is 0.235. The second kappa shape index (κ2) is 9.23. The number of rotatable bonds is 8. The molecule has 0 saturated carbocycles. The Labute approximate surface area is 148 Å². The fourth-order valence-electron chi connectivity index (χ4n) is 2.37. The van der Waals surface area contributed by atoms with Crippen molar-refractivity contribution in [2.75, 3.05) is 18.0 Å². The number of amides is 1. The number of nitrogens with zero attached hydrogens (tertiary/aromatic N) is 3. The maximum atomic E-state index is 12.2. The van der Waals surface area contributed by atoms with Crippen LogP contribution >= 0.6 is 11.6 Å². The van der Waals surface area contributed by atoms with Crippen molar-refractivity contribution in [3.05, 3.63) is 52.7 Å². The number of hydrogen-bond donors (Lipinski definition) is 1. The molecule has 1 N–H and O–H groups in total. The third-order valence-corrected chi connectivity index (χ3v) is 3.81. The van der Waals surface area contributed by atoms with Crippen LogP contribution in [0.5, 0.6) is 0 Å². The van der Waals surface area contributed by atoms with Crippen LogP contribution in [-0.4, -0.2) is 29.2 Å². The van der Waals surface area contributed by atoms with Crippen molar-refractivity contribution in [1.82, 2.24) is 15.5 Å². The van der Waals surface area contributed by atoms with Gasteiger partial charge in [-0.1, -0.05) is 37.6 Å². The van der Waals surface area contributed by atoms with Gasteiger partial charge in [0, 0.05) is 24.7 Å². The number of carbonyl (C=O) groups excluding carboxylic acids is 1. The molecule has 0 atom stereocenters. The van der Waals surface area contributed by atoms with E-state index in [1.165, 1.54) is 0 Å². The molecule has 5 nitrogen and oxygen atoms in total. The Bertz CT molecular complexity index is 637. The Morgan fingerprint density at radius 1 is 1.04 bits per heavy atom. The Kier molecular flexibility index (Phi) is 7.00. The van der Waals surface area contributed by atoms with Gasteiger partial charge in [0.2, 0.25) is 0 Å². The Morgan fingerprint density at radius 3 is 2.25 bits per heavy atom. The van der Waals surface area contributed by atoms with Gasteiger partial charge < -0.3 is 10.2 Å². The van der Waals surface area contributed by atoms with E-state index in [9.17, 15) is 4.79 Å². The van der Waals surface area contributed by atoms with Crippen LogP contribution in [0.1, 0.15) is 42.7 Å². The molecule has 0 saturated heterocycles. The summed E-state index contributed by atoms with van der Waals surface area (Å²) >= 11 is 5.85. The number of aromatic nitrogens is 2. The molecule has 2 aromatic rings. The van der Waals surface area contributed by atoms with E-state index in [1.807, 2.05) is 18.2 Å². The summed E-state index contributed by atoms with van der Waals surface area (Å²) in [4.78, 5) is 14.3. The highest BCUT2D eigenvalue weighted by atomic mass is 35.5. The average Bonchev–Trinajstić information content (AvgIpc) is 2.61. The quantitative estimate of drug-likeness (QED) is 0.792. The number of carbonyl (C=O) groups is 1. The molecule has 2 rings (SSSR count). The van der Waals surface area contributed by atoms with E-state index >= 15 is 0 Å². The van der Waals surface area contributed by atoms with Crippen molar-refractivity contribution >= 4 is 23.3 Å². The first-order valence-electron chi connectivity index (χ1n) is 8.25. The van der Waals surface area contributed by atoms with Gasteiger partial charge in [0.05, 0.1) is 0 Å². The van der Waals surface area contributed by atoms with Crippen molar-refractivity contribution in [2.45, 2.75) is 33.2 Å². The van der Waals surface area contributed by atoms with Gasteiger partial charge >= 0.3 is 0 Å². The fraction of sp³-hybridized carbons (Fsp3) is 0.389. The van der Waals surface area contributed by atoms with E-state index in [1.54, 1.807) is 18.2 Å². The normalized spacial score (nSPS) is 10.5. The predicted molar refractivity (Wildman–Crippen MR) is 97.4 cm³/mol. The molecular formula is C18H23ClN4O. The van der Waals surface area contributed by atoms with E-state index in [0.717, 1.165) is 37.3 Å². The largest absolute Gasteiger partial charge is 0.355 e. The van der Waals surface area contributed by atoms with E-state index in [4.69, 9.17) is 11.6 Å². The van der Waals surface area contributed by atoms with Crippen LogP contribution in [0.3, 0.4) is 0 Å². The zero-order valence-corrected chi connectivity index (χ0v) is 14.9. The minimum atomic E-state index is -0.235. The number of anilines is 1. The topological polar surface area (TPSA) is 58.1 Å². The molecule has 1 aromatic heterocycles. The van der Waals surface area contributed by atoms with Crippen LogP contribution in [0.15, 0.2) is 36.4 Å². The zero-order chi connectivity index (χ0) is 17.4. The molecule has 24 heavy (non-hydrogen) atoms. The second-order valence-corrected chi connectivity index (χ2v) is 6.01. The molecule has 1 aromatic carbocycles. The molecule has 0 spiro atoms. The SMILES string of the molecule is CCCN(CCC)c1ccc(C(=O)NCc2ccc(Cl)cc2)nn1. The molecule has 1 heterocycles. The lowest BCUT2D eigenvalue weighted by molar-refractivity contribution is 0.0945. The molecular weight excluding hydrogens is 324 g/mol. The van der Waals surface area contributed by atoms with Gasteiger partial charge in [0.1, 0.15) is 0 Å². The highest BCUT2D eigenvalue weighted by molar-refractivity contribution is 6.30. The average molecular weight is 347 g/mol. The van der Waals surface area contributed by atoms with Crippen molar-refractivity contribution in [1.29, 1.82) is 0 Å². The van der Waals surface area contributed by atoms with Crippen LogP contribution in [0.4, 0.5) is 5.82 Å². The lowest BCUT2D eigenvalue weighted by Gasteiger charge is -2.21. The third kappa shape index (κ3) is 5.20. The summed E-state index contributed by atoms with van der Waals surface area (Å²) in [5, 5.41) is 11.8. The lowest BCUT2D eigenvalue weighted by Crippen LogP contribution is -2.27. The van der Waals surface area contributed by atoms with E-state index in [2.05, 4.69) is 34.3 Å². The monoisotopic (exact) mass is 346 g/mol. The Hall–Kier alpha value is -2.14. The van der Waals surface area contributed by atoms with Crippen molar-refractivity contribution in [3.63, 3.8) is 0 Å². The predicted octanol–water partition coefficient (Wildman–Crippen LogP) is 3.69. The van der Waals surface area contributed by atoms with Gasteiger partial charge in [0.15, 0.2) is 11.5 Å². The third-order valence-electron chi connectivity index (χ3n) is 3.56. The first-order valence-corrected chi connectivity index (χ1v) is 8.63. The molecule has 6 heteroatoms. The van der Waals surface area contributed by atoms with Crippen molar-refractivity contribution < 1.29 is 4.79 Å². The summed E-state index contributed by atoms with van der Waals surface area (Å²) in [6, 6.07) is 10.9. The summed E-state index contributed by atoms with van der Waals surface area (Å²) in [6.07, 6.45) is 2.09. The maximum absolute atomic E-state index is 12.2. The molecule has 0 unspecified atom stereocenters. The molecule has 0 bridgehead atoms. The lowest BCUT2D eigenvalue weighted by atomic mass is 10.2. The van der Waals surface area contributed by atoms with Crippen LogP contribution in [0, 0.1) is 0 Å². The number of nitrogens with one attached hydrogen (secondary N) is 1. The minimum Gasteiger partial charge on any atom is -0.355 e.